The third kappa shape index (κ3) is 2.81. The minimum absolute atomic E-state index is 0.377. The first-order valence-corrected chi connectivity index (χ1v) is 7.03. The van der Waals surface area contributed by atoms with Gasteiger partial charge >= 0.3 is 0 Å². The van der Waals surface area contributed by atoms with E-state index in [1.807, 2.05) is 25.4 Å². The molecule has 0 aliphatic rings. The zero-order chi connectivity index (χ0) is 14.8. The van der Waals surface area contributed by atoms with Crippen molar-refractivity contribution in [2.75, 3.05) is 7.05 Å². The Bertz CT molecular complexity index is 777. The van der Waals surface area contributed by atoms with E-state index in [0.29, 0.717) is 17.7 Å². The van der Waals surface area contributed by atoms with Crippen LogP contribution >= 0.6 is 0 Å². The molecule has 0 aliphatic carbocycles. The average Bonchev–Trinajstić information content (AvgIpc) is 2.85. The van der Waals surface area contributed by atoms with Crippen molar-refractivity contribution in [1.82, 2.24) is 15.3 Å². The third-order valence-corrected chi connectivity index (χ3v) is 3.66. The van der Waals surface area contributed by atoms with E-state index in [1.54, 1.807) is 6.92 Å². The maximum atomic E-state index is 13.8. The van der Waals surface area contributed by atoms with Gasteiger partial charge in [0.1, 0.15) is 0 Å². The predicted octanol–water partition coefficient (Wildman–Crippen LogP) is 3.32. The van der Waals surface area contributed by atoms with Gasteiger partial charge in [0.2, 0.25) is 5.95 Å². The van der Waals surface area contributed by atoms with Gasteiger partial charge in [0.25, 0.3) is 0 Å². The van der Waals surface area contributed by atoms with Crippen molar-refractivity contribution in [2.45, 2.75) is 19.9 Å². The number of rotatable bonds is 4. The number of pyridine rings is 1. The van der Waals surface area contributed by atoms with Crippen LogP contribution in [0.25, 0.3) is 10.9 Å². The molecule has 0 amide bonds. The van der Waals surface area contributed by atoms with Crippen LogP contribution < -0.4 is 5.32 Å². The summed E-state index contributed by atoms with van der Waals surface area (Å²) in [5, 5.41) is 4.36. The SMILES string of the molecule is CNCc1c[nH]c2cc(Cc3ccc(C)nc3F)ccc12. The Labute approximate surface area is 123 Å². The van der Waals surface area contributed by atoms with Crippen molar-refractivity contribution in [3.8, 4) is 0 Å². The van der Waals surface area contributed by atoms with Crippen molar-refractivity contribution in [1.29, 1.82) is 0 Å². The topological polar surface area (TPSA) is 40.7 Å². The molecule has 0 spiro atoms. The number of aromatic nitrogens is 2. The molecule has 108 valence electrons. The van der Waals surface area contributed by atoms with Gasteiger partial charge < -0.3 is 10.3 Å². The standard InChI is InChI=1S/C17H18FN3/c1-11-3-5-13(17(18)21-11)7-12-4-6-15-14(9-19-2)10-20-16(15)8-12/h3-6,8,10,19-20H,7,9H2,1-2H3. The first-order valence-electron chi connectivity index (χ1n) is 7.03. The highest BCUT2D eigenvalue weighted by Crippen LogP contribution is 2.21. The highest BCUT2D eigenvalue weighted by atomic mass is 19.1. The quantitative estimate of drug-likeness (QED) is 0.721. The Hall–Kier alpha value is -2.20. The Morgan fingerprint density at radius 3 is 2.81 bits per heavy atom. The van der Waals surface area contributed by atoms with Gasteiger partial charge in [-0.15, -0.1) is 0 Å². The van der Waals surface area contributed by atoms with Gasteiger partial charge in [-0.1, -0.05) is 18.2 Å². The summed E-state index contributed by atoms with van der Waals surface area (Å²) >= 11 is 0. The summed E-state index contributed by atoms with van der Waals surface area (Å²) in [7, 11) is 1.93. The Morgan fingerprint density at radius 2 is 2.05 bits per heavy atom. The summed E-state index contributed by atoms with van der Waals surface area (Å²) in [5.41, 5.74) is 4.72. The lowest BCUT2D eigenvalue weighted by Gasteiger charge is -2.05. The molecule has 3 nitrogen and oxygen atoms in total. The van der Waals surface area contributed by atoms with E-state index >= 15 is 0 Å². The van der Waals surface area contributed by atoms with E-state index in [0.717, 1.165) is 17.6 Å². The molecule has 0 atom stereocenters. The molecule has 0 bridgehead atoms. The molecule has 0 unspecified atom stereocenters. The molecule has 1 aromatic carbocycles. The first kappa shape index (κ1) is 13.8. The zero-order valence-electron chi connectivity index (χ0n) is 12.2. The normalized spacial score (nSPS) is 11.2. The van der Waals surface area contributed by atoms with E-state index in [4.69, 9.17) is 0 Å². The maximum absolute atomic E-state index is 13.8. The van der Waals surface area contributed by atoms with Gasteiger partial charge in [0, 0.05) is 41.3 Å². The Morgan fingerprint density at radius 1 is 1.19 bits per heavy atom. The smallest absolute Gasteiger partial charge is 0.216 e. The molecular weight excluding hydrogens is 265 g/mol. The number of hydrogen-bond donors (Lipinski definition) is 2. The van der Waals surface area contributed by atoms with Crippen LogP contribution in [0.15, 0.2) is 36.5 Å². The molecule has 0 radical (unpaired) electrons. The van der Waals surface area contributed by atoms with Crippen LogP contribution in [0, 0.1) is 12.9 Å². The first-order chi connectivity index (χ1) is 10.2. The highest BCUT2D eigenvalue weighted by molar-refractivity contribution is 5.83. The number of benzene rings is 1. The fourth-order valence-electron chi connectivity index (χ4n) is 2.59. The van der Waals surface area contributed by atoms with Crippen molar-refractivity contribution in [3.63, 3.8) is 0 Å². The number of aromatic amines is 1. The van der Waals surface area contributed by atoms with Crippen LogP contribution in [-0.2, 0) is 13.0 Å². The minimum Gasteiger partial charge on any atom is -0.361 e. The van der Waals surface area contributed by atoms with Gasteiger partial charge in [0.15, 0.2) is 0 Å². The van der Waals surface area contributed by atoms with Gasteiger partial charge in [-0.25, -0.2) is 4.98 Å². The number of hydrogen-bond acceptors (Lipinski definition) is 2. The van der Waals surface area contributed by atoms with Crippen LogP contribution in [0.2, 0.25) is 0 Å². The second-order valence-corrected chi connectivity index (χ2v) is 5.30. The predicted molar refractivity (Wildman–Crippen MR) is 82.8 cm³/mol. The molecular formula is C17H18FN3. The summed E-state index contributed by atoms with van der Waals surface area (Å²) < 4.78 is 13.8. The summed E-state index contributed by atoms with van der Waals surface area (Å²) in [6, 6.07) is 9.87. The van der Waals surface area contributed by atoms with Crippen LogP contribution in [0.4, 0.5) is 4.39 Å². The number of aryl methyl sites for hydroxylation is 1. The molecule has 2 aromatic heterocycles. The van der Waals surface area contributed by atoms with Crippen LogP contribution in [0.1, 0.15) is 22.4 Å². The third-order valence-electron chi connectivity index (χ3n) is 3.66. The van der Waals surface area contributed by atoms with E-state index in [9.17, 15) is 4.39 Å². The largest absolute Gasteiger partial charge is 0.361 e. The van der Waals surface area contributed by atoms with Crippen LogP contribution in [0.3, 0.4) is 0 Å². The molecule has 0 fully saturated rings. The van der Waals surface area contributed by atoms with E-state index in [-0.39, 0.29) is 5.95 Å². The molecule has 21 heavy (non-hydrogen) atoms. The molecule has 4 heteroatoms. The van der Waals surface area contributed by atoms with Crippen molar-refractivity contribution in [3.05, 3.63) is 64.9 Å². The van der Waals surface area contributed by atoms with Crippen molar-refractivity contribution >= 4 is 10.9 Å². The number of fused-ring (bicyclic) bond motifs is 1. The van der Waals surface area contributed by atoms with Crippen molar-refractivity contribution in [2.24, 2.45) is 0 Å². The van der Waals surface area contributed by atoms with Gasteiger partial charge in [-0.05, 0) is 37.2 Å². The fourth-order valence-corrected chi connectivity index (χ4v) is 2.59. The Kier molecular flexibility index (Phi) is 3.71. The Balaban J connectivity index is 1.91. The van der Waals surface area contributed by atoms with Gasteiger partial charge in [-0.2, -0.15) is 4.39 Å². The molecule has 3 rings (SSSR count). The van der Waals surface area contributed by atoms with Gasteiger partial charge in [-0.3, -0.25) is 0 Å². The van der Waals surface area contributed by atoms with Crippen LogP contribution in [-0.4, -0.2) is 17.0 Å². The zero-order valence-corrected chi connectivity index (χ0v) is 12.2. The summed E-state index contributed by atoms with van der Waals surface area (Å²) in [4.78, 5) is 7.15. The summed E-state index contributed by atoms with van der Waals surface area (Å²) in [6.07, 6.45) is 2.56. The maximum Gasteiger partial charge on any atom is 0.216 e. The molecule has 0 saturated carbocycles. The van der Waals surface area contributed by atoms with E-state index < -0.39 is 0 Å². The number of nitrogens with one attached hydrogen (secondary N) is 2. The summed E-state index contributed by atoms with van der Waals surface area (Å²) in [5.74, 6) is -0.377. The molecule has 2 N–H and O–H groups in total. The van der Waals surface area contributed by atoms with E-state index in [2.05, 4.69) is 33.5 Å². The lowest BCUT2D eigenvalue weighted by molar-refractivity contribution is 0.566. The van der Waals surface area contributed by atoms with Gasteiger partial charge in [0.05, 0.1) is 0 Å². The molecule has 0 saturated heterocycles. The lowest BCUT2D eigenvalue weighted by atomic mass is 10.0. The fraction of sp³-hybridized carbons (Fsp3) is 0.235. The lowest BCUT2D eigenvalue weighted by Crippen LogP contribution is -2.04. The number of H-pyrrole nitrogens is 1. The average molecular weight is 283 g/mol. The number of halogens is 1. The second-order valence-electron chi connectivity index (χ2n) is 5.30. The second kappa shape index (κ2) is 5.66. The highest BCUT2D eigenvalue weighted by Gasteiger charge is 2.07. The van der Waals surface area contributed by atoms with Crippen LogP contribution in [0.5, 0.6) is 0 Å². The molecule has 0 aliphatic heterocycles. The van der Waals surface area contributed by atoms with E-state index in [1.165, 1.54) is 10.9 Å². The molecule has 2 heterocycles. The summed E-state index contributed by atoms with van der Waals surface area (Å²) in [6.45, 7) is 2.62. The molecule has 3 aromatic rings. The monoisotopic (exact) mass is 283 g/mol. The van der Waals surface area contributed by atoms with Crippen molar-refractivity contribution < 1.29 is 4.39 Å². The number of nitrogens with zero attached hydrogens (tertiary/aromatic N) is 1. The minimum atomic E-state index is -0.377.